The minimum absolute atomic E-state index is 1.11. The Hall–Kier alpha value is -3.65. The van der Waals surface area contributed by atoms with Crippen LogP contribution in [0.25, 0.3) is 0 Å². The second-order valence-corrected chi connectivity index (χ2v) is 13.6. The van der Waals surface area contributed by atoms with E-state index >= 15 is 0 Å². The SMILES string of the molecule is CCCCCCCCCCCc1ncc[nH]1.Fc1c(F)c(F)[c]([Al]([c]2c(F)c(F)c(F)c(F)c2F)[c]2c(F)c(F)c(F)c(F)c2F)c(F)c1F. The number of hydrogen-bond donors (Lipinski definition) is 1. The second-order valence-electron chi connectivity index (χ2n) is 11.0. The number of nitrogens with one attached hydrogen (secondary N) is 1. The summed E-state index contributed by atoms with van der Waals surface area (Å²) in [6.45, 7) is 2.27. The highest BCUT2D eigenvalue weighted by molar-refractivity contribution is 6.95. The molecule has 50 heavy (non-hydrogen) atoms. The maximum Gasteiger partial charge on any atom is 0.413 e. The third-order valence-electron chi connectivity index (χ3n) is 7.67. The highest BCUT2D eigenvalue weighted by atomic mass is 27.2. The van der Waals surface area contributed by atoms with Crippen LogP contribution in [0, 0.1) is 87.3 Å². The summed E-state index contributed by atoms with van der Waals surface area (Å²) in [7, 11) is 0. The van der Waals surface area contributed by atoms with Gasteiger partial charge in [0.2, 0.25) is 0 Å². The van der Waals surface area contributed by atoms with Crippen LogP contribution in [0.15, 0.2) is 12.4 Å². The van der Waals surface area contributed by atoms with Crippen molar-refractivity contribution in [3.8, 4) is 0 Å². The van der Waals surface area contributed by atoms with Crippen LogP contribution in [0.1, 0.15) is 70.5 Å². The molecule has 0 aliphatic rings. The number of halogens is 15. The van der Waals surface area contributed by atoms with Crippen molar-refractivity contribution in [1.82, 2.24) is 9.97 Å². The fraction of sp³-hybridized carbons (Fsp3) is 0.344. The molecular formula is C32H26AlF15N2. The number of aromatic amines is 1. The predicted octanol–water partition coefficient (Wildman–Crippen LogP) is 8.77. The average Bonchev–Trinajstić information content (AvgIpc) is 3.63. The van der Waals surface area contributed by atoms with Gasteiger partial charge in [-0.25, -0.2) is 70.8 Å². The van der Waals surface area contributed by atoms with E-state index in [1.165, 1.54) is 57.8 Å². The number of aryl methyl sites for hydroxylation is 1. The van der Waals surface area contributed by atoms with Crippen molar-refractivity contribution in [3.63, 3.8) is 0 Å². The molecule has 0 aliphatic carbocycles. The molecule has 0 bridgehead atoms. The van der Waals surface area contributed by atoms with Crippen molar-refractivity contribution in [3.05, 3.63) is 105 Å². The van der Waals surface area contributed by atoms with E-state index in [4.69, 9.17) is 0 Å². The van der Waals surface area contributed by atoms with Crippen molar-refractivity contribution in [2.45, 2.75) is 71.1 Å². The summed E-state index contributed by atoms with van der Waals surface area (Å²) in [5, 5.41) is 0. The summed E-state index contributed by atoms with van der Waals surface area (Å²) >= 11 is -5.96. The first-order valence-corrected chi connectivity index (χ1v) is 16.8. The summed E-state index contributed by atoms with van der Waals surface area (Å²) < 4.78 is 201. The van der Waals surface area contributed by atoms with E-state index in [-0.39, 0.29) is 0 Å². The van der Waals surface area contributed by atoms with E-state index < -0.39 is 115 Å². The molecule has 0 atom stereocenters. The van der Waals surface area contributed by atoms with E-state index in [0.717, 1.165) is 12.2 Å². The monoisotopic (exact) mass is 750 g/mol. The van der Waals surface area contributed by atoms with Crippen molar-refractivity contribution in [2.75, 3.05) is 0 Å². The van der Waals surface area contributed by atoms with Crippen LogP contribution in [-0.2, 0) is 6.42 Å². The van der Waals surface area contributed by atoms with Gasteiger partial charge in [0.15, 0.2) is 87.3 Å². The maximum absolute atomic E-state index is 14.4. The smallest absolute Gasteiger partial charge is 0.349 e. The number of imidazole rings is 1. The lowest BCUT2D eigenvalue weighted by Crippen LogP contribution is -2.60. The molecule has 0 unspecified atom stereocenters. The Morgan fingerprint density at radius 1 is 0.420 bits per heavy atom. The van der Waals surface area contributed by atoms with Crippen LogP contribution >= 0.6 is 0 Å². The molecule has 1 N–H and O–H groups in total. The van der Waals surface area contributed by atoms with Crippen LogP contribution in [0.4, 0.5) is 65.9 Å². The molecule has 4 aromatic rings. The first-order chi connectivity index (χ1) is 23.6. The molecule has 0 spiro atoms. The van der Waals surface area contributed by atoms with E-state index in [2.05, 4.69) is 16.9 Å². The average molecular weight is 751 g/mol. The predicted molar refractivity (Wildman–Crippen MR) is 153 cm³/mol. The van der Waals surface area contributed by atoms with Crippen LogP contribution in [-0.4, -0.2) is 24.1 Å². The topological polar surface area (TPSA) is 28.7 Å². The van der Waals surface area contributed by atoms with Gasteiger partial charge in [-0.05, 0) is 19.7 Å². The Labute approximate surface area is 279 Å². The third-order valence-corrected chi connectivity index (χ3v) is 10.9. The van der Waals surface area contributed by atoms with Crippen LogP contribution in [0.3, 0.4) is 0 Å². The van der Waals surface area contributed by atoms with E-state index in [0.29, 0.717) is 0 Å². The van der Waals surface area contributed by atoms with Crippen LogP contribution in [0.2, 0.25) is 0 Å². The number of H-pyrrole nitrogens is 1. The fourth-order valence-corrected chi connectivity index (χ4v) is 8.24. The molecule has 2 nitrogen and oxygen atoms in total. The van der Waals surface area contributed by atoms with Gasteiger partial charge in [-0.15, -0.1) is 0 Å². The van der Waals surface area contributed by atoms with Gasteiger partial charge in [-0.1, -0.05) is 58.3 Å². The number of unbranched alkanes of at least 4 members (excludes halogenated alkanes) is 8. The van der Waals surface area contributed by atoms with Crippen LogP contribution in [0.5, 0.6) is 0 Å². The molecule has 0 saturated carbocycles. The van der Waals surface area contributed by atoms with Crippen LogP contribution < -0.4 is 13.3 Å². The number of aromatic nitrogens is 2. The van der Waals surface area contributed by atoms with Crippen molar-refractivity contribution >= 4 is 27.4 Å². The van der Waals surface area contributed by atoms with E-state index in [1.54, 1.807) is 0 Å². The Morgan fingerprint density at radius 2 is 0.700 bits per heavy atom. The Kier molecular flexibility index (Phi) is 14.7. The van der Waals surface area contributed by atoms with Gasteiger partial charge in [0.25, 0.3) is 0 Å². The molecule has 1 heterocycles. The quantitative estimate of drug-likeness (QED) is 0.0479. The van der Waals surface area contributed by atoms with Gasteiger partial charge in [-0.3, -0.25) is 0 Å². The first kappa shape index (κ1) is 40.8. The summed E-state index contributed by atoms with van der Waals surface area (Å²) in [4.78, 5) is 7.38. The highest BCUT2D eigenvalue weighted by Gasteiger charge is 2.47. The van der Waals surface area contributed by atoms with E-state index in [9.17, 15) is 65.9 Å². The van der Waals surface area contributed by atoms with Gasteiger partial charge in [0.05, 0.1) is 0 Å². The molecule has 272 valence electrons. The zero-order valence-corrected chi connectivity index (χ0v) is 27.1. The minimum atomic E-state index is -5.96. The lowest BCUT2D eigenvalue weighted by molar-refractivity contribution is 0.380. The minimum Gasteiger partial charge on any atom is -0.349 e. The van der Waals surface area contributed by atoms with Gasteiger partial charge < -0.3 is 4.98 Å². The molecule has 18 heteroatoms. The molecule has 0 radical (unpaired) electrons. The normalized spacial score (nSPS) is 11.2. The number of nitrogens with zero attached hydrogens (tertiary/aromatic N) is 1. The molecule has 0 fully saturated rings. The summed E-state index contributed by atoms with van der Waals surface area (Å²) in [6.07, 6.45) is 17.4. The maximum atomic E-state index is 14.4. The molecule has 0 saturated heterocycles. The summed E-state index contributed by atoms with van der Waals surface area (Å²) in [6, 6.07) is 0. The van der Waals surface area contributed by atoms with E-state index in [1.807, 2.05) is 12.4 Å². The van der Waals surface area contributed by atoms with Gasteiger partial charge in [0.1, 0.15) is 5.82 Å². The zero-order chi connectivity index (χ0) is 37.4. The Bertz CT molecular complexity index is 1550. The molecule has 0 amide bonds. The molecule has 1 aromatic heterocycles. The lowest BCUT2D eigenvalue weighted by Gasteiger charge is -2.20. The number of benzene rings is 3. The Morgan fingerprint density at radius 3 is 0.980 bits per heavy atom. The first-order valence-electron chi connectivity index (χ1n) is 15.1. The second kappa shape index (κ2) is 18.0. The zero-order valence-electron chi connectivity index (χ0n) is 25.9. The largest absolute Gasteiger partial charge is 0.413 e. The molecule has 3 aromatic carbocycles. The summed E-state index contributed by atoms with van der Waals surface area (Å²) in [5.41, 5.74) is 0. The van der Waals surface area contributed by atoms with Crippen molar-refractivity contribution in [2.24, 2.45) is 0 Å². The molecule has 4 rings (SSSR count). The number of rotatable bonds is 13. The summed E-state index contributed by atoms with van der Waals surface area (Å²) in [5.74, 6) is -43.4. The lowest BCUT2D eigenvalue weighted by atomic mass is 10.1. The third kappa shape index (κ3) is 8.62. The van der Waals surface area contributed by atoms with Crippen molar-refractivity contribution < 1.29 is 65.9 Å². The number of hydrogen-bond acceptors (Lipinski definition) is 1. The van der Waals surface area contributed by atoms with Gasteiger partial charge in [0, 0.05) is 18.8 Å². The Balaban J connectivity index is 0.000000354. The van der Waals surface area contributed by atoms with Gasteiger partial charge >= 0.3 is 14.1 Å². The fourth-order valence-electron chi connectivity index (χ4n) is 5.10. The molecule has 0 aliphatic heterocycles. The standard InChI is InChI=1S/C14H26N2.3C6F5.Al/c1-2-3-4-5-6-7-8-9-10-11-14-15-12-13-16-14;3*7-2-1-3(8)5(10)6(11)4(2)9;/h12-13H,2-11H2,1H3,(H,15,16);;;;. The molecular weight excluding hydrogens is 724 g/mol. The van der Waals surface area contributed by atoms with Crippen molar-refractivity contribution in [1.29, 1.82) is 0 Å². The van der Waals surface area contributed by atoms with Gasteiger partial charge in [-0.2, -0.15) is 0 Å². The highest BCUT2D eigenvalue weighted by Crippen LogP contribution is 2.23.